The number of hydrogen-bond donors (Lipinski definition) is 1. The number of esters is 2. The van der Waals surface area contributed by atoms with Crippen molar-refractivity contribution in [3.63, 3.8) is 0 Å². The van der Waals surface area contributed by atoms with Gasteiger partial charge in [0.2, 0.25) is 0 Å². The lowest BCUT2D eigenvalue weighted by Gasteiger charge is -2.30. The molecule has 1 N–H and O–H groups in total. The fourth-order valence-electron chi connectivity index (χ4n) is 2.23. The van der Waals surface area contributed by atoms with E-state index >= 15 is 0 Å². The molecule has 0 heterocycles. The van der Waals surface area contributed by atoms with E-state index in [1.165, 1.54) is 0 Å². The molecule has 0 amide bonds. The summed E-state index contributed by atoms with van der Waals surface area (Å²) in [5, 5.41) is 8.18. The Balaban J connectivity index is -0.0000000680. The quantitative estimate of drug-likeness (QED) is 0.214. The average Bonchev–Trinajstić information content (AvgIpc) is 2.76. The number of rotatable bonds is 16. The van der Waals surface area contributed by atoms with Gasteiger partial charge in [0.15, 0.2) is 0 Å². The molecular formula is C26H58O10. The summed E-state index contributed by atoms with van der Waals surface area (Å²) in [5.41, 5.74) is -0.188. The third-order valence-electron chi connectivity index (χ3n) is 3.43. The highest BCUT2D eigenvalue weighted by Gasteiger charge is 2.30. The van der Waals surface area contributed by atoms with Gasteiger partial charge in [0, 0.05) is 34.5 Å². The summed E-state index contributed by atoms with van der Waals surface area (Å²) in [6, 6.07) is 0. The first kappa shape index (κ1) is 50.8. The Bertz CT molecular complexity index is 452. The van der Waals surface area contributed by atoms with E-state index in [0.29, 0.717) is 39.6 Å². The van der Waals surface area contributed by atoms with Crippen LogP contribution in [-0.2, 0) is 42.8 Å². The normalized spacial score (nSPS) is 8.94. The van der Waals surface area contributed by atoms with E-state index in [4.69, 9.17) is 24.1 Å². The molecule has 0 aromatic carbocycles. The number of carboxylic acids is 1. The van der Waals surface area contributed by atoms with Crippen molar-refractivity contribution in [2.24, 2.45) is 5.41 Å². The average molecular weight is 531 g/mol. The van der Waals surface area contributed by atoms with E-state index in [0.717, 1.165) is 18.9 Å². The lowest BCUT2D eigenvalue weighted by Crippen LogP contribution is -2.40. The monoisotopic (exact) mass is 530 g/mol. The molecule has 0 atom stereocenters. The van der Waals surface area contributed by atoms with E-state index in [2.05, 4.69) is 16.1 Å². The van der Waals surface area contributed by atoms with Gasteiger partial charge < -0.3 is 33.5 Å². The number of aliphatic carboxylic acids is 1. The van der Waals surface area contributed by atoms with Crippen LogP contribution in [0.3, 0.4) is 0 Å². The van der Waals surface area contributed by atoms with Crippen LogP contribution in [0.2, 0.25) is 0 Å². The minimum absolute atomic E-state index is 0. The maximum atomic E-state index is 10.6. The lowest BCUT2D eigenvalue weighted by molar-refractivity contribution is -0.147. The Labute approximate surface area is 221 Å². The summed E-state index contributed by atoms with van der Waals surface area (Å²) < 4.78 is 29.7. The predicted octanol–water partition coefficient (Wildman–Crippen LogP) is 5.03. The van der Waals surface area contributed by atoms with Crippen LogP contribution in [-0.4, -0.2) is 91.1 Å². The van der Waals surface area contributed by atoms with Gasteiger partial charge in [-0.2, -0.15) is 0 Å². The zero-order chi connectivity index (χ0) is 25.3. The number of carboxylic acid groups (broad SMARTS) is 1. The first-order valence-corrected chi connectivity index (χ1v) is 10.3. The topological polar surface area (TPSA) is 127 Å². The van der Waals surface area contributed by atoms with Gasteiger partial charge in [0.1, 0.15) is 0 Å². The van der Waals surface area contributed by atoms with Crippen molar-refractivity contribution in [1.82, 2.24) is 0 Å². The standard InChI is InChI=1S/C9H20O4.C7H12O4.C6H10O2.4CH4/c1-10-5-9(6-11-2,7-12-3)8-13-4;1-2-5-11-7(10)4-3-6(8)9;1-3-5-8-6(7)4-2;;;;/h5-8H2,1-4H3;2-5H2,1H3,(H,8,9);4H,2-3,5H2,1H3;4*1H4. The molecule has 36 heavy (non-hydrogen) atoms. The fourth-order valence-corrected chi connectivity index (χ4v) is 2.23. The highest BCUT2D eigenvalue weighted by molar-refractivity contribution is 5.81. The summed E-state index contributed by atoms with van der Waals surface area (Å²) in [7, 11) is 6.65. The summed E-state index contributed by atoms with van der Waals surface area (Å²) >= 11 is 0. The molecule has 0 aromatic heterocycles. The summed E-state index contributed by atoms with van der Waals surface area (Å²) in [4.78, 5) is 30.8. The minimum atomic E-state index is -0.974. The number of methoxy groups -OCH3 is 4. The van der Waals surface area contributed by atoms with Gasteiger partial charge in [-0.05, 0) is 12.8 Å². The number of carbonyl (C=O) groups excluding carboxylic acids is 2. The molecule has 0 rings (SSSR count). The predicted molar refractivity (Wildman–Crippen MR) is 146 cm³/mol. The third kappa shape index (κ3) is 36.6. The van der Waals surface area contributed by atoms with E-state index in [1.807, 2.05) is 13.8 Å². The van der Waals surface area contributed by atoms with Crippen LogP contribution in [0.15, 0.2) is 12.7 Å². The highest BCUT2D eigenvalue weighted by atomic mass is 16.5. The van der Waals surface area contributed by atoms with E-state index in [1.54, 1.807) is 28.4 Å². The second kappa shape index (κ2) is 37.5. The van der Waals surface area contributed by atoms with Crippen LogP contribution in [0.25, 0.3) is 0 Å². The van der Waals surface area contributed by atoms with Crippen LogP contribution >= 0.6 is 0 Å². The largest absolute Gasteiger partial charge is 0.481 e. The van der Waals surface area contributed by atoms with Crippen LogP contribution in [0.5, 0.6) is 0 Å². The molecule has 0 aromatic rings. The molecule has 0 radical (unpaired) electrons. The molecule has 10 nitrogen and oxygen atoms in total. The Hall–Kier alpha value is -2.01. The number of hydrogen-bond acceptors (Lipinski definition) is 9. The van der Waals surface area contributed by atoms with Crippen LogP contribution in [0.1, 0.15) is 69.2 Å². The van der Waals surface area contributed by atoms with Crippen LogP contribution in [0.4, 0.5) is 0 Å². The second-order valence-corrected chi connectivity index (χ2v) is 6.72. The van der Waals surface area contributed by atoms with Crippen LogP contribution in [0, 0.1) is 5.41 Å². The Morgan fingerprint density at radius 2 is 1.08 bits per heavy atom. The summed E-state index contributed by atoms with van der Waals surface area (Å²) in [6.45, 7) is 10.2. The van der Waals surface area contributed by atoms with Crippen molar-refractivity contribution in [3.8, 4) is 0 Å². The molecule has 10 heteroatoms. The van der Waals surface area contributed by atoms with Crippen LogP contribution < -0.4 is 0 Å². The molecule has 0 aliphatic rings. The fraction of sp³-hybridized carbons (Fsp3) is 0.808. The molecule has 0 fully saturated rings. The SMILES string of the molecule is C.C.C.C.C=CC(=O)OCCC.CCCOC(=O)CCC(=O)O.COCC(COC)(COC)COC. The Kier molecular flexibility index (Phi) is 52.9. The molecule has 0 saturated heterocycles. The van der Waals surface area contributed by atoms with Crippen molar-refractivity contribution in [3.05, 3.63) is 12.7 Å². The van der Waals surface area contributed by atoms with E-state index < -0.39 is 11.9 Å². The number of ether oxygens (including phenoxy) is 6. The van der Waals surface area contributed by atoms with Crippen molar-refractivity contribution < 1.29 is 47.9 Å². The molecule has 0 unspecified atom stereocenters. The molecule has 222 valence electrons. The van der Waals surface area contributed by atoms with Gasteiger partial charge in [0.25, 0.3) is 0 Å². The maximum absolute atomic E-state index is 10.6. The second-order valence-electron chi connectivity index (χ2n) is 6.72. The zero-order valence-electron chi connectivity index (χ0n) is 20.5. The lowest BCUT2D eigenvalue weighted by atomic mass is 9.92. The molecule has 0 bridgehead atoms. The van der Waals surface area contributed by atoms with Gasteiger partial charge in [-0.3, -0.25) is 9.59 Å². The molecular weight excluding hydrogens is 472 g/mol. The molecule has 0 aliphatic carbocycles. The number of carbonyl (C=O) groups is 3. The van der Waals surface area contributed by atoms with Crippen molar-refractivity contribution in [1.29, 1.82) is 0 Å². The first-order chi connectivity index (χ1) is 15.2. The summed E-state index contributed by atoms with van der Waals surface area (Å²) in [6.07, 6.45) is 2.60. The van der Waals surface area contributed by atoms with Crippen molar-refractivity contribution >= 4 is 17.9 Å². The van der Waals surface area contributed by atoms with E-state index in [9.17, 15) is 14.4 Å². The highest BCUT2D eigenvalue weighted by Crippen LogP contribution is 2.19. The van der Waals surface area contributed by atoms with Gasteiger partial charge in [-0.1, -0.05) is 50.1 Å². The zero-order valence-corrected chi connectivity index (χ0v) is 20.5. The minimum Gasteiger partial charge on any atom is -0.481 e. The van der Waals surface area contributed by atoms with Gasteiger partial charge in [0.05, 0.1) is 57.9 Å². The Morgan fingerprint density at radius 3 is 1.36 bits per heavy atom. The van der Waals surface area contributed by atoms with Crippen molar-refractivity contribution in [2.75, 3.05) is 68.1 Å². The first-order valence-electron chi connectivity index (χ1n) is 10.3. The van der Waals surface area contributed by atoms with Gasteiger partial charge >= 0.3 is 17.9 Å². The van der Waals surface area contributed by atoms with Gasteiger partial charge in [-0.25, -0.2) is 4.79 Å². The van der Waals surface area contributed by atoms with E-state index in [-0.39, 0.29) is 53.9 Å². The maximum Gasteiger partial charge on any atom is 0.330 e. The molecule has 0 saturated carbocycles. The summed E-state index contributed by atoms with van der Waals surface area (Å²) in [5.74, 6) is -1.75. The molecule has 0 aliphatic heterocycles. The Morgan fingerprint density at radius 1 is 0.722 bits per heavy atom. The van der Waals surface area contributed by atoms with Gasteiger partial charge in [-0.15, -0.1) is 0 Å². The third-order valence-corrected chi connectivity index (χ3v) is 3.43. The molecule has 0 spiro atoms. The smallest absolute Gasteiger partial charge is 0.330 e. The van der Waals surface area contributed by atoms with Crippen molar-refractivity contribution in [2.45, 2.75) is 69.2 Å².